The van der Waals surface area contributed by atoms with Gasteiger partial charge in [0.1, 0.15) is 0 Å². The fourth-order valence-corrected chi connectivity index (χ4v) is 3.09. The van der Waals surface area contributed by atoms with E-state index in [1.54, 1.807) is 29.0 Å². The minimum absolute atomic E-state index is 0.250. The normalized spacial score (nSPS) is 11.5. The van der Waals surface area contributed by atoms with Crippen LogP contribution in [0, 0.1) is 6.92 Å². The molecule has 1 aromatic carbocycles. The van der Waals surface area contributed by atoms with Crippen molar-refractivity contribution >= 4 is 38.5 Å². The summed E-state index contributed by atoms with van der Waals surface area (Å²) in [5, 5.41) is 3.64. The van der Waals surface area contributed by atoms with E-state index in [1.807, 2.05) is 6.92 Å². The largest absolute Gasteiger partial charge is 0.379 e. The molecule has 0 radical (unpaired) electrons. The zero-order chi connectivity index (χ0) is 14.0. The summed E-state index contributed by atoms with van der Waals surface area (Å²) in [7, 11) is -3.23. The SMILES string of the molecule is Cc1ncsc1CNc1cc(S(C)(=O)=O)ccc1Cl. The van der Waals surface area contributed by atoms with Gasteiger partial charge in [-0.2, -0.15) is 0 Å². The van der Waals surface area contributed by atoms with Crippen LogP contribution in [0.5, 0.6) is 0 Å². The van der Waals surface area contributed by atoms with Gasteiger partial charge in [0.2, 0.25) is 0 Å². The second-order valence-corrected chi connectivity index (χ2v) is 7.49. The molecule has 0 saturated carbocycles. The summed E-state index contributed by atoms with van der Waals surface area (Å²) in [5.74, 6) is 0. The number of hydrogen-bond donors (Lipinski definition) is 1. The molecule has 7 heteroatoms. The van der Waals surface area contributed by atoms with Gasteiger partial charge in [0, 0.05) is 11.1 Å². The lowest BCUT2D eigenvalue weighted by Crippen LogP contribution is -2.02. The molecule has 0 unspecified atom stereocenters. The van der Waals surface area contributed by atoms with Crippen molar-refractivity contribution in [3.8, 4) is 0 Å². The third-order valence-corrected chi connectivity index (χ3v) is 5.03. The van der Waals surface area contributed by atoms with Crippen molar-refractivity contribution < 1.29 is 8.42 Å². The molecule has 0 amide bonds. The average Bonchev–Trinajstić information content (AvgIpc) is 2.72. The van der Waals surface area contributed by atoms with Gasteiger partial charge < -0.3 is 5.32 Å². The lowest BCUT2D eigenvalue weighted by molar-refractivity contribution is 0.602. The van der Waals surface area contributed by atoms with E-state index in [-0.39, 0.29) is 4.90 Å². The molecule has 0 aliphatic heterocycles. The first-order valence-corrected chi connectivity index (χ1v) is 8.65. The van der Waals surface area contributed by atoms with E-state index in [1.165, 1.54) is 12.3 Å². The smallest absolute Gasteiger partial charge is 0.175 e. The molecule has 1 N–H and O–H groups in total. The van der Waals surface area contributed by atoms with E-state index in [0.29, 0.717) is 17.3 Å². The Balaban J connectivity index is 2.23. The van der Waals surface area contributed by atoms with Gasteiger partial charge in [0.25, 0.3) is 0 Å². The molecule has 0 aliphatic rings. The van der Waals surface area contributed by atoms with Gasteiger partial charge in [-0.15, -0.1) is 11.3 Å². The quantitative estimate of drug-likeness (QED) is 0.941. The van der Waals surface area contributed by atoms with Crippen LogP contribution in [-0.2, 0) is 16.4 Å². The topological polar surface area (TPSA) is 59.1 Å². The number of rotatable bonds is 4. The molecule has 0 saturated heterocycles. The van der Waals surface area contributed by atoms with Gasteiger partial charge >= 0.3 is 0 Å². The van der Waals surface area contributed by atoms with E-state index < -0.39 is 9.84 Å². The van der Waals surface area contributed by atoms with Crippen molar-refractivity contribution in [1.29, 1.82) is 0 Å². The highest BCUT2D eigenvalue weighted by Gasteiger charge is 2.10. The average molecular weight is 317 g/mol. The van der Waals surface area contributed by atoms with Gasteiger partial charge in [-0.25, -0.2) is 13.4 Å². The van der Waals surface area contributed by atoms with E-state index >= 15 is 0 Å². The molecular weight excluding hydrogens is 304 g/mol. The Morgan fingerprint density at radius 2 is 2.16 bits per heavy atom. The number of nitrogens with zero attached hydrogens (tertiary/aromatic N) is 1. The number of sulfone groups is 1. The monoisotopic (exact) mass is 316 g/mol. The van der Waals surface area contributed by atoms with Crippen LogP contribution in [0.4, 0.5) is 5.69 Å². The predicted molar refractivity (Wildman–Crippen MR) is 78.7 cm³/mol. The predicted octanol–water partition coefficient (Wildman–Crippen LogP) is 3.12. The zero-order valence-corrected chi connectivity index (χ0v) is 12.9. The molecule has 0 spiro atoms. The maximum Gasteiger partial charge on any atom is 0.175 e. The van der Waals surface area contributed by atoms with E-state index in [0.717, 1.165) is 10.6 Å². The molecule has 0 atom stereocenters. The number of hydrogen-bond acceptors (Lipinski definition) is 5. The molecule has 102 valence electrons. The molecule has 0 bridgehead atoms. The molecule has 2 aromatic rings. The van der Waals surface area contributed by atoms with E-state index in [9.17, 15) is 8.42 Å². The number of halogens is 1. The lowest BCUT2D eigenvalue weighted by Gasteiger charge is -2.09. The van der Waals surface area contributed by atoms with E-state index in [4.69, 9.17) is 11.6 Å². The number of aromatic nitrogens is 1. The Morgan fingerprint density at radius 3 is 2.74 bits per heavy atom. The molecule has 0 aliphatic carbocycles. The summed E-state index contributed by atoms with van der Waals surface area (Å²) in [5.41, 5.74) is 3.35. The Labute approximate surface area is 121 Å². The maximum absolute atomic E-state index is 11.5. The van der Waals surface area contributed by atoms with Crippen LogP contribution in [-0.4, -0.2) is 19.7 Å². The highest BCUT2D eigenvalue weighted by molar-refractivity contribution is 7.90. The number of thiazole rings is 1. The summed E-state index contributed by atoms with van der Waals surface area (Å²) in [6.45, 7) is 2.51. The molecule has 1 heterocycles. The van der Waals surface area contributed by atoms with Crippen LogP contribution in [0.3, 0.4) is 0 Å². The van der Waals surface area contributed by atoms with Gasteiger partial charge in [0.15, 0.2) is 9.84 Å². The number of anilines is 1. The van der Waals surface area contributed by atoms with Gasteiger partial charge in [-0.3, -0.25) is 0 Å². The van der Waals surface area contributed by atoms with Crippen LogP contribution in [0.25, 0.3) is 0 Å². The fourth-order valence-electron chi connectivity index (χ4n) is 1.54. The zero-order valence-electron chi connectivity index (χ0n) is 10.5. The van der Waals surface area contributed by atoms with E-state index in [2.05, 4.69) is 10.3 Å². The Hall–Kier alpha value is -1.11. The third kappa shape index (κ3) is 3.46. The minimum Gasteiger partial charge on any atom is -0.379 e. The summed E-state index contributed by atoms with van der Waals surface area (Å²) < 4.78 is 23.0. The second-order valence-electron chi connectivity index (χ2n) is 4.13. The summed E-state index contributed by atoms with van der Waals surface area (Å²) in [6, 6.07) is 4.63. The highest BCUT2D eigenvalue weighted by atomic mass is 35.5. The summed E-state index contributed by atoms with van der Waals surface area (Å²) >= 11 is 7.61. The first-order valence-electron chi connectivity index (χ1n) is 5.50. The first-order chi connectivity index (χ1) is 8.88. The van der Waals surface area contributed by atoms with Crippen LogP contribution in [0.2, 0.25) is 5.02 Å². The molecule has 1 aromatic heterocycles. The molecular formula is C12H13ClN2O2S2. The molecule has 0 fully saturated rings. The standard InChI is InChI=1S/C12H13ClN2O2S2/c1-8-12(18-7-15-8)6-14-11-5-9(19(2,16)17)3-4-10(11)13/h3-5,7,14H,6H2,1-2H3. The van der Waals surface area contributed by atoms with Gasteiger partial charge in [-0.1, -0.05) is 11.6 Å². The summed E-state index contributed by atoms with van der Waals surface area (Å²) in [4.78, 5) is 5.51. The van der Waals surface area contributed by atoms with Crippen molar-refractivity contribution in [2.45, 2.75) is 18.4 Å². The molecule has 19 heavy (non-hydrogen) atoms. The maximum atomic E-state index is 11.5. The van der Waals surface area contributed by atoms with Crippen molar-refractivity contribution in [3.63, 3.8) is 0 Å². The van der Waals surface area contributed by atoms with Crippen LogP contribution >= 0.6 is 22.9 Å². The third-order valence-electron chi connectivity index (χ3n) is 2.65. The van der Waals surface area contributed by atoms with Crippen molar-refractivity contribution in [1.82, 2.24) is 4.98 Å². The first kappa shape index (κ1) is 14.3. The fraction of sp³-hybridized carbons (Fsp3) is 0.250. The number of benzene rings is 1. The minimum atomic E-state index is -3.23. The molecule has 2 rings (SSSR count). The number of aryl methyl sites for hydroxylation is 1. The number of nitrogens with one attached hydrogen (secondary N) is 1. The lowest BCUT2D eigenvalue weighted by atomic mass is 10.3. The van der Waals surface area contributed by atoms with Gasteiger partial charge in [-0.05, 0) is 25.1 Å². The highest BCUT2D eigenvalue weighted by Crippen LogP contribution is 2.26. The van der Waals surface area contributed by atoms with Gasteiger partial charge in [0.05, 0.1) is 33.4 Å². The van der Waals surface area contributed by atoms with Crippen LogP contribution in [0.15, 0.2) is 28.6 Å². The summed E-state index contributed by atoms with van der Waals surface area (Å²) in [6.07, 6.45) is 1.17. The van der Waals surface area contributed by atoms with Crippen molar-refractivity contribution in [2.75, 3.05) is 11.6 Å². The Kier molecular flexibility index (Phi) is 4.13. The second kappa shape index (κ2) is 5.48. The van der Waals surface area contributed by atoms with Crippen LogP contribution < -0.4 is 5.32 Å². The Morgan fingerprint density at radius 1 is 1.42 bits per heavy atom. The van der Waals surface area contributed by atoms with Crippen molar-refractivity contribution in [3.05, 3.63) is 39.3 Å². The molecule has 4 nitrogen and oxygen atoms in total. The Bertz CT molecular complexity index is 696. The van der Waals surface area contributed by atoms with Crippen molar-refractivity contribution in [2.24, 2.45) is 0 Å². The van der Waals surface area contributed by atoms with Crippen LogP contribution in [0.1, 0.15) is 10.6 Å².